The Balaban J connectivity index is 1.64. The number of rotatable bonds is 1. The van der Waals surface area contributed by atoms with Crippen molar-refractivity contribution in [1.82, 2.24) is 0 Å². The molecule has 0 bridgehead atoms. The van der Waals surface area contributed by atoms with E-state index in [9.17, 15) is 9.59 Å². The van der Waals surface area contributed by atoms with Crippen LogP contribution in [0.2, 0.25) is 0 Å². The number of carbonyl (C=O) groups excluding carboxylic acids is 2. The van der Waals surface area contributed by atoms with E-state index in [2.05, 4.69) is 6.58 Å². The van der Waals surface area contributed by atoms with E-state index in [1.54, 1.807) is 0 Å². The second-order valence-electron chi connectivity index (χ2n) is 7.90. The Hall–Kier alpha value is -1.40. The molecule has 1 spiro atoms. The number of ether oxygens (including phenoxy) is 4. The highest BCUT2D eigenvalue weighted by Crippen LogP contribution is 2.75. The molecule has 2 saturated carbocycles. The molecule has 0 aromatic heterocycles. The molecular weight excluding hydrogens is 300 g/mol. The van der Waals surface area contributed by atoms with E-state index >= 15 is 0 Å². The Labute approximate surface area is 134 Å². The van der Waals surface area contributed by atoms with E-state index in [0.29, 0.717) is 18.4 Å². The molecule has 3 saturated heterocycles. The summed E-state index contributed by atoms with van der Waals surface area (Å²) in [6, 6.07) is 0. The molecule has 0 unspecified atom stereocenters. The molecule has 124 valence electrons. The molecule has 5 aliphatic rings. The molecule has 3 aliphatic heterocycles. The summed E-state index contributed by atoms with van der Waals surface area (Å²) in [4.78, 5) is 23.7. The van der Waals surface area contributed by atoms with Gasteiger partial charge < -0.3 is 18.9 Å². The Kier molecular flexibility index (Phi) is 2.22. The normalized spacial score (nSPS) is 58.3. The molecule has 23 heavy (non-hydrogen) atoms. The van der Waals surface area contributed by atoms with Crippen LogP contribution in [0.25, 0.3) is 0 Å². The van der Waals surface area contributed by atoms with E-state index in [-0.39, 0.29) is 47.7 Å². The minimum Gasteiger partial charge on any atom is -0.458 e. The minimum absolute atomic E-state index is 0.00583. The highest BCUT2D eigenvalue weighted by molar-refractivity contribution is 5.91. The number of hydrogen-bond donors (Lipinski definition) is 0. The Morgan fingerprint density at radius 1 is 1.30 bits per heavy atom. The van der Waals surface area contributed by atoms with Crippen molar-refractivity contribution >= 4 is 11.9 Å². The van der Waals surface area contributed by atoms with E-state index in [1.165, 1.54) is 6.92 Å². The average Bonchev–Trinajstić information content (AvgIpc) is 3.30. The lowest BCUT2D eigenvalue weighted by molar-refractivity contribution is -0.173. The van der Waals surface area contributed by atoms with E-state index in [0.717, 1.165) is 0 Å². The summed E-state index contributed by atoms with van der Waals surface area (Å²) in [5.74, 6) is -0.836. The molecule has 6 nitrogen and oxygen atoms in total. The zero-order valence-electron chi connectivity index (χ0n) is 13.5. The van der Waals surface area contributed by atoms with Crippen LogP contribution in [0.1, 0.15) is 33.6 Å². The first-order valence-electron chi connectivity index (χ1n) is 8.19. The molecular formula is C17H20O6. The van der Waals surface area contributed by atoms with Crippen LogP contribution in [0.4, 0.5) is 0 Å². The van der Waals surface area contributed by atoms with E-state index in [1.807, 2.05) is 13.8 Å². The van der Waals surface area contributed by atoms with Gasteiger partial charge in [-0.1, -0.05) is 6.58 Å². The fourth-order valence-electron chi connectivity index (χ4n) is 5.66. The predicted octanol–water partition coefficient (Wildman–Crippen LogP) is 1.12. The zero-order valence-corrected chi connectivity index (χ0v) is 13.5. The third-order valence-corrected chi connectivity index (χ3v) is 6.74. The third kappa shape index (κ3) is 1.35. The second-order valence-corrected chi connectivity index (χ2v) is 7.90. The van der Waals surface area contributed by atoms with Crippen LogP contribution >= 0.6 is 0 Å². The summed E-state index contributed by atoms with van der Waals surface area (Å²) >= 11 is 0. The summed E-state index contributed by atoms with van der Waals surface area (Å²) in [7, 11) is 0. The van der Waals surface area contributed by atoms with Crippen molar-refractivity contribution in [2.24, 2.45) is 11.8 Å². The van der Waals surface area contributed by atoms with Gasteiger partial charge in [0.15, 0.2) is 0 Å². The second kappa shape index (κ2) is 3.64. The van der Waals surface area contributed by atoms with Gasteiger partial charge in [-0.25, -0.2) is 4.79 Å². The van der Waals surface area contributed by atoms with Crippen LogP contribution in [0.15, 0.2) is 12.2 Å². The Morgan fingerprint density at radius 3 is 2.74 bits per heavy atom. The number of fused-ring (bicyclic) bond motifs is 5. The highest BCUT2D eigenvalue weighted by atomic mass is 16.7. The van der Waals surface area contributed by atoms with Gasteiger partial charge in [0.2, 0.25) is 0 Å². The lowest BCUT2D eigenvalue weighted by Gasteiger charge is -2.39. The van der Waals surface area contributed by atoms with Crippen molar-refractivity contribution in [1.29, 1.82) is 0 Å². The van der Waals surface area contributed by atoms with Crippen LogP contribution in [0.5, 0.6) is 0 Å². The lowest BCUT2D eigenvalue weighted by atomic mass is 9.73. The average molecular weight is 320 g/mol. The van der Waals surface area contributed by atoms with Gasteiger partial charge in [0.25, 0.3) is 0 Å². The maximum absolute atomic E-state index is 12.0. The van der Waals surface area contributed by atoms with Crippen LogP contribution in [0.3, 0.4) is 0 Å². The summed E-state index contributed by atoms with van der Waals surface area (Å²) in [5.41, 5.74) is -1.20. The van der Waals surface area contributed by atoms with Gasteiger partial charge in [0.05, 0.1) is 5.92 Å². The smallest absolute Gasteiger partial charge is 0.334 e. The van der Waals surface area contributed by atoms with Gasteiger partial charge >= 0.3 is 11.9 Å². The predicted molar refractivity (Wildman–Crippen MR) is 76.3 cm³/mol. The van der Waals surface area contributed by atoms with Crippen molar-refractivity contribution in [3.8, 4) is 0 Å². The van der Waals surface area contributed by atoms with Crippen molar-refractivity contribution in [3.63, 3.8) is 0 Å². The van der Waals surface area contributed by atoms with Crippen molar-refractivity contribution in [3.05, 3.63) is 12.2 Å². The SMILES string of the molecule is C=C1C(=O)O[C@H]2[C@H]1CC[C@@](C)(OC(C)=O)[C@@]13O[C@@H]1[C@@H]1O[C@]1(C)[C@H]23. The monoisotopic (exact) mass is 320 g/mol. The lowest BCUT2D eigenvalue weighted by Crippen LogP contribution is -2.55. The zero-order chi connectivity index (χ0) is 16.4. The van der Waals surface area contributed by atoms with Crippen LogP contribution in [-0.4, -0.2) is 47.1 Å². The minimum atomic E-state index is -0.731. The number of carbonyl (C=O) groups is 2. The number of esters is 2. The first-order chi connectivity index (χ1) is 10.7. The molecule has 0 radical (unpaired) electrons. The topological polar surface area (TPSA) is 77.7 Å². The largest absolute Gasteiger partial charge is 0.458 e. The molecule has 6 heteroatoms. The van der Waals surface area contributed by atoms with E-state index < -0.39 is 11.2 Å². The molecule has 0 amide bonds. The number of epoxide rings is 2. The maximum atomic E-state index is 12.0. The number of hydrogen-bond acceptors (Lipinski definition) is 6. The van der Waals surface area contributed by atoms with Gasteiger partial charge in [-0.3, -0.25) is 4.79 Å². The summed E-state index contributed by atoms with van der Waals surface area (Å²) in [5, 5.41) is 0. The van der Waals surface area contributed by atoms with Gasteiger partial charge in [0.1, 0.15) is 35.1 Å². The molecule has 5 rings (SSSR count). The highest BCUT2D eigenvalue weighted by Gasteiger charge is 2.93. The molecule has 2 aliphatic carbocycles. The van der Waals surface area contributed by atoms with E-state index in [4.69, 9.17) is 18.9 Å². The quantitative estimate of drug-likeness (QED) is 0.409. The first kappa shape index (κ1) is 14.0. The standard InChI is InChI=1S/C17H20O6/c1-7-9-5-6-15(3,21-8(2)18)17-11(10(9)20-14(7)19)16(4)12(22-16)13(17)23-17/h9-13H,1,5-6H2,2-4H3/t9-,10-,11-,12-,13+,15+,16+,17-/m0/s1. The maximum Gasteiger partial charge on any atom is 0.334 e. The van der Waals surface area contributed by atoms with Gasteiger partial charge in [-0.15, -0.1) is 0 Å². The molecule has 8 atom stereocenters. The fraction of sp³-hybridized carbons (Fsp3) is 0.765. The molecule has 0 N–H and O–H groups in total. The first-order valence-corrected chi connectivity index (χ1v) is 8.19. The molecule has 0 aromatic carbocycles. The van der Waals surface area contributed by atoms with Gasteiger partial charge in [-0.05, 0) is 26.7 Å². The van der Waals surface area contributed by atoms with Crippen LogP contribution in [-0.2, 0) is 28.5 Å². The van der Waals surface area contributed by atoms with Crippen LogP contribution in [0, 0.1) is 11.8 Å². The molecule has 0 aromatic rings. The van der Waals surface area contributed by atoms with Gasteiger partial charge in [-0.2, -0.15) is 0 Å². The third-order valence-electron chi connectivity index (χ3n) is 6.74. The Morgan fingerprint density at radius 2 is 2.04 bits per heavy atom. The molecule has 3 heterocycles. The van der Waals surface area contributed by atoms with Crippen molar-refractivity contribution in [2.75, 3.05) is 0 Å². The summed E-state index contributed by atoms with van der Waals surface area (Å²) in [6.07, 6.45) is 0.907. The summed E-state index contributed by atoms with van der Waals surface area (Å²) in [6.45, 7) is 9.33. The summed E-state index contributed by atoms with van der Waals surface area (Å²) < 4.78 is 23.5. The fourth-order valence-corrected chi connectivity index (χ4v) is 5.66. The molecule has 5 fully saturated rings. The van der Waals surface area contributed by atoms with Gasteiger partial charge in [0, 0.05) is 18.4 Å². The van der Waals surface area contributed by atoms with Crippen LogP contribution < -0.4 is 0 Å². The van der Waals surface area contributed by atoms with Crippen molar-refractivity contribution < 1.29 is 28.5 Å². The van der Waals surface area contributed by atoms with Crippen molar-refractivity contribution in [2.45, 2.75) is 68.7 Å². The Bertz CT molecular complexity index is 672.